The normalized spacial score (nSPS) is 20.9. The lowest BCUT2D eigenvalue weighted by Crippen LogP contribution is -2.45. The first-order valence-corrected chi connectivity index (χ1v) is 11.0. The van der Waals surface area contributed by atoms with E-state index in [2.05, 4.69) is 57.0 Å². The van der Waals surface area contributed by atoms with Gasteiger partial charge in [-0.25, -0.2) is 4.98 Å². The number of piperidine rings is 1. The van der Waals surface area contributed by atoms with E-state index in [9.17, 15) is 0 Å². The molecule has 1 fully saturated rings. The number of guanidine groups is 1. The molecule has 0 saturated carbocycles. The van der Waals surface area contributed by atoms with Gasteiger partial charge in [-0.05, 0) is 50.7 Å². The smallest absolute Gasteiger partial charge is 0.191 e. The topological polar surface area (TPSA) is 52.6 Å². The zero-order valence-electron chi connectivity index (χ0n) is 16.3. The fraction of sp³-hybridized carbons (Fsp3) is 0.579. The average molecular weight is 520 g/mol. The molecule has 0 aliphatic carbocycles. The number of thiazole rings is 1. The van der Waals surface area contributed by atoms with E-state index in [4.69, 9.17) is 0 Å². The van der Waals surface area contributed by atoms with Gasteiger partial charge in [-0.3, -0.25) is 9.89 Å². The number of halogens is 1. The summed E-state index contributed by atoms with van der Waals surface area (Å²) in [6.45, 7) is 5.08. The number of aromatic nitrogens is 1. The van der Waals surface area contributed by atoms with Gasteiger partial charge in [0.15, 0.2) is 5.96 Å². The van der Waals surface area contributed by atoms with Crippen molar-refractivity contribution in [2.45, 2.75) is 32.2 Å². The Morgan fingerprint density at radius 1 is 1.41 bits per heavy atom. The second-order valence-corrected chi connectivity index (χ2v) is 9.14. The Morgan fingerprint density at radius 2 is 2.26 bits per heavy atom. The molecular weight excluding hydrogens is 489 g/mol. The van der Waals surface area contributed by atoms with Crippen LogP contribution < -0.4 is 10.6 Å². The molecule has 2 aromatic heterocycles. The Labute approximate surface area is 187 Å². The van der Waals surface area contributed by atoms with Gasteiger partial charge in [0.1, 0.15) is 0 Å². The van der Waals surface area contributed by atoms with E-state index in [0.717, 1.165) is 25.5 Å². The maximum absolute atomic E-state index is 4.42. The third-order valence-electron chi connectivity index (χ3n) is 4.90. The zero-order chi connectivity index (χ0) is 18.4. The van der Waals surface area contributed by atoms with Crippen molar-refractivity contribution in [1.29, 1.82) is 0 Å². The molecule has 1 saturated heterocycles. The van der Waals surface area contributed by atoms with Crippen LogP contribution in [-0.4, -0.2) is 49.6 Å². The molecule has 2 unspecified atom stereocenters. The second kappa shape index (κ2) is 11.3. The lowest BCUT2D eigenvalue weighted by molar-refractivity contribution is 0.125. The van der Waals surface area contributed by atoms with Gasteiger partial charge in [-0.1, -0.05) is 6.07 Å². The number of rotatable bonds is 6. The molecule has 0 amide bonds. The van der Waals surface area contributed by atoms with Crippen molar-refractivity contribution in [3.63, 3.8) is 0 Å². The van der Waals surface area contributed by atoms with E-state index in [1.807, 2.05) is 24.6 Å². The van der Waals surface area contributed by atoms with Gasteiger partial charge in [0.25, 0.3) is 0 Å². The van der Waals surface area contributed by atoms with Crippen LogP contribution in [0.5, 0.6) is 0 Å². The SMILES string of the molecule is CN=C(NCCc1ncc(C)s1)NCC1CCCN(C)C1c1cccs1.I. The van der Waals surface area contributed by atoms with E-state index in [-0.39, 0.29) is 24.0 Å². The molecule has 0 aromatic carbocycles. The Kier molecular flexibility index (Phi) is 9.47. The van der Waals surface area contributed by atoms with Gasteiger partial charge in [-0.2, -0.15) is 0 Å². The molecule has 0 spiro atoms. The van der Waals surface area contributed by atoms with E-state index in [1.54, 1.807) is 11.3 Å². The van der Waals surface area contributed by atoms with Crippen molar-refractivity contribution >= 4 is 52.6 Å². The molecular formula is C19H30IN5S2. The molecule has 2 aromatic rings. The Bertz CT molecular complexity index is 701. The monoisotopic (exact) mass is 519 g/mol. The molecule has 150 valence electrons. The van der Waals surface area contributed by atoms with Crippen molar-refractivity contribution in [3.8, 4) is 0 Å². The second-order valence-electron chi connectivity index (χ2n) is 6.84. The largest absolute Gasteiger partial charge is 0.356 e. The van der Waals surface area contributed by atoms with Crippen LogP contribution in [0.3, 0.4) is 0 Å². The van der Waals surface area contributed by atoms with E-state index in [1.165, 1.54) is 34.1 Å². The number of nitrogens with one attached hydrogen (secondary N) is 2. The summed E-state index contributed by atoms with van der Waals surface area (Å²) in [5.41, 5.74) is 0. The molecule has 2 N–H and O–H groups in total. The third kappa shape index (κ3) is 6.40. The maximum Gasteiger partial charge on any atom is 0.191 e. The first-order valence-electron chi connectivity index (χ1n) is 9.27. The van der Waals surface area contributed by atoms with Crippen LogP contribution in [0.4, 0.5) is 0 Å². The third-order valence-corrected chi connectivity index (χ3v) is 6.81. The molecule has 8 heteroatoms. The van der Waals surface area contributed by atoms with Crippen LogP contribution in [0.25, 0.3) is 0 Å². The van der Waals surface area contributed by atoms with Crippen molar-refractivity contribution in [2.24, 2.45) is 10.9 Å². The van der Waals surface area contributed by atoms with Gasteiger partial charge in [0.05, 0.1) is 5.01 Å². The van der Waals surface area contributed by atoms with Crippen LogP contribution in [0.1, 0.15) is 33.6 Å². The van der Waals surface area contributed by atoms with Gasteiger partial charge >= 0.3 is 0 Å². The minimum atomic E-state index is 0. The lowest BCUT2D eigenvalue weighted by Gasteiger charge is -2.39. The van der Waals surface area contributed by atoms with Crippen LogP contribution in [0.2, 0.25) is 0 Å². The van der Waals surface area contributed by atoms with Crippen LogP contribution in [-0.2, 0) is 6.42 Å². The Hall–Kier alpha value is -0.710. The first kappa shape index (κ1) is 22.6. The van der Waals surface area contributed by atoms with Gasteiger partial charge in [0, 0.05) is 48.6 Å². The number of aryl methyl sites for hydroxylation is 1. The van der Waals surface area contributed by atoms with Crippen molar-refractivity contribution < 1.29 is 0 Å². The molecule has 3 heterocycles. The highest BCUT2D eigenvalue weighted by Gasteiger charge is 2.31. The molecule has 27 heavy (non-hydrogen) atoms. The number of nitrogens with zero attached hydrogens (tertiary/aromatic N) is 3. The van der Waals surface area contributed by atoms with Gasteiger partial charge < -0.3 is 10.6 Å². The highest BCUT2D eigenvalue weighted by molar-refractivity contribution is 14.0. The minimum absolute atomic E-state index is 0. The number of thiophene rings is 1. The highest BCUT2D eigenvalue weighted by atomic mass is 127. The average Bonchev–Trinajstić information content (AvgIpc) is 3.30. The summed E-state index contributed by atoms with van der Waals surface area (Å²) in [7, 11) is 4.09. The van der Waals surface area contributed by atoms with Crippen LogP contribution in [0, 0.1) is 12.8 Å². The fourth-order valence-corrected chi connectivity index (χ4v) is 5.41. The quantitative estimate of drug-likeness (QED) is 0.345. The molecule has 0 bridgehead atoms. The molecule has 3 rings (SSSR count). The predicted molar refractivity (Wildman–Crippen MR) is 128 cm³/mol. The van der Waals surface area contributed by atoms with Crippen molar-refractivity contribution in [1.82, 2.24) is 20.5 Å². The maximum atomic E-state index is 4.42. The summed E-state index contributed by atoms with van der Waals surface area (Å²) >= 11 is 3.64. The number of hydrogen-bond donors (Lipinski definition) is 2. The van der Waals surface area contributed by atoms with Gasteiger partial charge in [-0.15, -0.1) is 46.7 Å². The van der Waals surface area contributed by atoms with Crippen molar-refractivity contribution in [2.75, 3.05) is 33.7 Å². The zero-order valence-corrected chi connectivity index (χ0v) is 20.2. The highest BCUT2D eigenvalue weighted by Crippen LogP contribution is 2.36. The summed E-state index contributed by atoms with van der Waals surface area (Å²) in [5.74, 6) is 1.49. The van der Waals surface area contributed by atoms with E-state index < -0.39 is 0 Å². The summed E-state index contributed by atoms with van der Waals surface area (Å²) in [4.78, 5) is 14.0. The molecule has 1 aliphatic rings. The summed E-state index contributed by atoms with van der Waals surface area (Å²) in [6.07, 6.45) is 5.40. The minimum Gasteiger partial charge on any atom is -0.356 e. The summed E-state index contributed by atoms with van der Waals surface area (Å²) in [6, 6.07) is 4.94. The van der Waals surface area contributed by atoms with Gasteiger partial charge in [0.2, 0.25) is 0 Å². The standard InChI is InChI=1S/C19H29N5S2.HI/c1-14-12-22-17(26-14)8-9-21-19(20-2)23-13-15-6-4-10-24(3)18(15)16-7-5-11-25-16;/h5,7,11-12,15,18H,4,6,8-10,13H2,1-3H3,(H2,20,21,23);1H. The first-order chi connectivity index (χ1) is 12.7. The van der Waals surface area contributed by atoms with Crippen LogP contribution in [0.15, 0.2) is 28.7 Å². The molecule has 1 aliphatic heterocycles. The molecule has 2 atom stereocenters. The Balaban J connectivity index is 0.00000261. The number of aliphatic imine (C=N–C) groups is 1. The number of likely N-dealkylation sites (tertiary alicyclic amines) is 1. The predicted octanol–water partition coefficient (Wildman–Crippen LogP) is 3.92. The lowest BCUT2D eigenvalue weighted by atomic mass is 9.88. The molecule has 0 radical (unpaired) electrons. The van der Waals surface area contributed by atoms with Crippen LogP contribution >= 0.6 is 46.7 Å². The van der Waals surface area contributed by atoms with E-state index in [0.29, 0.717) is 12.0 Å². The fourth-order valence-electron chi connectivity index (χ4n) is 3.64. The number of hydrogen-bond acceptors (Lipinski definition) is 5. The van der Waals surface area contributed by atoms with Crippen molar-refractivity contribution in [3.05, 3.63) is 38.5 Å². The molecule has 5 nitrogen and oxygen atoms in total. The Morgan fingerprint density at radius 3 is 2.93 bits per heavy atom. The summed E-state index contributed by atoms with van der Waals surface area (Å²) < 4.78 is 0. The van der Waals surface area contributed by atoms with E-state index >= 15 is 0 Å². The summed E-state index contributed by atoms with van der Waals surface area (Å²) in [5, 5.41) is 10.3.